The molecule has 1 fully saturated rings. The predicted octanol–water partition coefficient (Wildman–Crippen LogP) is 3.42. The first-order valence-corrected chi connectivity index (χ1v) is 6.69. The summed E-state index contributed by atoms with van der Waals surface area (Å²) in [6.45, 7) is 6.06. The maximum Gasteiger partial charge on any atom is 0.00697 e. The Morgan fingerprint density at radius 2 is 1.77 bits per heavy atom. The van der Waals surface area contributed by atoms with Gasteiger partial charge >= 0.3 is 0 Å². The first-order valence-electron chi connectivity index (χ1n) is 5.57. The van der Waals surface area contributed by atoms with Crippen molar-refractivity contribution in [3.8, 4) is 0 Å². The molecule has 13 heavy (non-hydrogen) atoms. The zero-order valence-electron chi connectivity index (χ0n) is 8.93. The zero-order valence-corrected chi connectivity index (χ0v) is 10.5. The van der Waals surface area contributed by atoms with Crippen LogP contribution < -0.4 is 0 Å². The molecule has 1 saturated heterocycles. The van der Waals surface area contributed by atoms with E-state index in [1.807, 2.05) is 0 Å². The molecular formula is C11H22BrN. The standard InChI is InChI=1S/C11H22BrN/c1-10-6-5-7-11(2)13(10)9-4-3-8-12/h10-11H,3-9H2,1-2H3/t10-,11+. The van der Waals surface area contributed by atoms with E-state index in [4.69, 9.17) is 0 Å². The molecule has 2 atom stereocenters. The van der Waals surface area contributed by atoms with Crippen molar-refractivity contribution in [1.82, 2.24) is 4.90 Å². The average Bonchev–Trinajstić information content (AvgIpc) is 2.10. The fourth-order valence-corrected chi connectivity index (χ4v) is 2.70. The summed E-state index contributed by atoms with van der Waals surface area (Å²) < 4.78 is 0. The molecule has 1 nitrogen and oxygen atoms in total. The normalized spacial score (nSPS) is 30.7. The van der Waals surface area contributed by atoms with Crippen LogP contribution in [0.3, 0.4) is 0 Å². The van der Waals surface area contributed by atoms with Crippen LogP contribution in [0.4, 0.5) is 0 Å². The number of unbranched alkanes of at least 4 members (excludes halogenated alkanes) is 1. The summed E-state index contributed by atoms with van der Waals surface area (Å²) >= 11 is 3.49. The van der Waals surface area contributed by atoms with Crippen molar-refractivity contribution in [1.29, 1.82) is 0 Å². The average molecular weight is 248 g/mol. The van der Waals surface area contributed by atoms with Gasteiger partial charge < -0.3 is 0 Å². The number of piperidine rings is 1. The summed E-state index contributed by atoms with van der Waals surface area (Å²) in [4.78, 5) is 2.69. The minimum absolute atomic E-state index is 0.819. The number of alkyl halides is 1. The van der Waals surface area contributed by atoms with Gasteiger partial charge in [0.2, 0.25) is 0 Å². The Labute approximate surface area is 91.0 Å². The van der Waals surface area contributed by atoms with E-state index >= 15 is 0 Å². The molecule has 1 rings (SSSR count). The first-order chi connectivity index (χ1) is 6.25. The summed E-state index contributed by atoms with van der Waals surface area (Å²) in [7, 11) is 0. The van der Waals surface area contributed by atoms with Crippen LogP contribution in [-0.2, 0) is 0 Å². The molecule has 0 bridgehead atoms. The fraction of sp³-hybridized carbons (Fsp3) is 1.00. The van der Waals surface area contributed by atoms with Crippen molar-refractivity contribution >= 4 is 15.9 Å². The van der Waals surface area contributed by atoms with E-state index in [2.05, 4.69) is 34.7 Å². The third-order valence-electron chi connectivity index (χ3n) is 3.18. The lowest BCUT2D eigenvalue weighted by Gasteiger charge is -2.39. The van der Waals surface area contributed by atoms with Gasteiger partial charge in [-0.25, -0.2) is 0 Å². The number of hydrogen-bond acceptors (Lipinski definition) is 1. The number of likely N-dealkylation sites (tertiary alicyclic amines) is 1. The molecule has 0 unspecified atom stereocenters. The summed E-state index contributed by atoms with van der Waals surface area (Å²) in [5.41, 5.74) is 0. The van der Waals surface area contributed by atoms with Crippen molar-refractivity contribution < 1.29 is 0 Å². The summed E-state index contributed by atoms with van der Waals surface area (Å²) in [6.07, 6.45) is 6.89. The lowest BCUT2D eigenvalue weighted by molar-refractivity contribution is 0.102. The Morgan fingerprint density at radius 3 is 2.31 bits per heavy atom. The summed E-state index contributed by atoms with van der Waals surface area (Å²) in [6, 6.07) is 1.64. The molecule has 78 valence electrons. The number of nitrogens with zero attached hydrogens (tertiary/aromatic N) is 1. The van der Waals surface area contributed by atoms with Crippen LogP contribution in [0.1, 0.15) is 46.0 Å². The Bertz CT molecular complexity index is 128. The maximum absolute atomic E-state index is 3.49. The fourth-order valence-electron chi connectivity index (χ4n) is 2.30. The topological polar surface area (TPSA) is 3.24 Å². The van der Waals surface area contributed by atoms with E-state index in [1.54, 1.807) is 0 Å². The molecule has 1 aliphatic rings. The molecule has 0 saturated carbocycles. The van der Waals surface area contributed by atoms with Gasteiger partial charge in [-0.1, -0.05) is 22.4 Å². The van der Waals surface area contributed by atoms with Gasteiger partial charge in [0.05, 0.1) is 0 Å². The molecule has 2 heteroatoms. The van der Waals surface area contributed by atoms with Gasteiger partial charge in [-0.3, -0.25) is 4.90 Å². The van der Waals surface area contributed by atoms with E-state index in [0.29, 0.717) is 0 Å². The third kappa shape index (κ3) is 3.59. The van der Waals surface area contributed by atoms with E-state index in [-0.39, 0.29) is 0 Å². The van der Waals surface area contributed by atoms with Crippen molar-refractivity contribution in [3.05, 3.63) is 0 Å². The Kier molecular flexibility index (Phi) is 5.34. The first kappa shape index (κ1) is 11.5. The maximum atomic E-state index is 3.49. The quantitative estimate of drug-likeness (QED) is 0.544. The Morgan fingerprint density at radius 1 is 1.15 bits per heavy atom. The second kappa shape index (κ2) is 6.02. The molecule has 0 amide bonds. The van der Waals surface area contributed by atoms with Crippen molar-refractivity contribution in [2.24, 2.45) is 0 Å². The van der Waals surface area contributed by atoms with E-state index in [9.17, 15) is 0 Å². The predicted molar refractivity (Wildman–Crippen MR) is 62.5 cm³/mol. The van der Waals surface area contributed by atoms with E-state index < -0.39 is 0 Å². The Hall–Kier alpha value is 0.440. The molecule has 0 spiro atoms. The Balaban J connectivity index is 2.26. The van der Waals surface area contributed by atoms with E-state index in [0.717, 1.165) is 17.4 Å². The molecule has 0 aromatic carbocycles. The van der Waals surface area contributed by atoms with Crippen LogP contribution in [0.15, 0.2) is 0 Å². The highest BCUT2D eigenvalue weighted by Gasteiger charge is 2.23. The van der Waals surface area contributed by atoms with Crippen LogP contribution in [0, 0.1) is 0 Å². The van der Waals surface area contributed by atoms with Gasteiger partial charge in [-0.2, -0.15) is 0 Å². The van der Waals surface area contributed by atoms with Crippen molar-refractivity contribution in [3.63, 3.8) is 0 Å². The van der Waals surface area contributed by atoms with Crippen LogP contribution in [0.25, 0.3) is 0 Å². The largest absolute Gasteiger partial charge is 0.298 e. The minimum Gasteiger partial charge on any atom is -0.298 e. The van der Waals surface area contributed by atoms with Crippen LogP contribution in [0.2, 0.25) is 0 Å². The van der Waals surface area contributed by atoms with Crippen LogP contribution in [-0.4, -0.2) is 28.9 Å². The smallest absolute Gasteiger partial charge is 0.00697 e. The lowest BCUT2D eigenvalue weighted by Crippen LogP contribution is -2.44. The van der Waals surface area contributed by atoms with E-state index in [1.165, 1.54) is 38.6 Å². The molecule has 0 aliphatic carbocycles. The molecule has 0 N–H and O–H groups in total. The van der Waals surface area contributed by atoms with Crippen LogP contribution in [0.5, 0.6) is 0 Å². The molecule has 1 aliphatic heterocycles. The molecule has 0 radical (unpaired) electrons. The monoisotopic (exact) mass is 247 g/mol. The molecule has 1 heterocycles. The van der Waals surface area contributed by atoms with Gasteiger partial charge in [0.1, 0.15) is 0 Å². The van der Waals surface area contributed by atoms with Gasteiger partial charge in [0.25, 0.3) is 0 Å². The SMILES string of the molecule is C[C@@H]1CCC[C@H](C)N1CCCCBr. The lowest BCUT2D eigenvalue weighted by atomic mass is 9.97. The summed E-state index contributed by atoms with van der Waals surface area (Å²) in [5.74, 6) is 0. The van der Waals surface area contributed by atoms with Gasteiger partial charge in [-0.05, 0) is 46.1 Å². The number of rotatable bonds is 4. The highest BCUT2D eigenvalue weighted by Crippen LogP contribution is 2.22. The number of halogens is 1. The molecule has 0 aromatic rings. The second-order valence-corrected chi connectivity index (χ2v) is 5.06. The third-order valence-corrected chi connectivity index (χ3v) is 3.74. The highest BCUT2D eigenvalue weighted by atomic mass is 79.9. The summed E-state index contributed by atoms with van der Waals surface area (Å²) in [5, 5.41) is 1.16. The zero-order chi connectivity index (χ0) is 9.68. The minimum atomic E-state index is 0.819. The van der Waals surface area contributed by atoms with Crippen molar-refractivity contribution in [2.45, 2.75) is 58.0 Å². The second-order valence-electron chi connectivity index (χ2n) is 4.26. The number of hydrogen-bond donors (Lipinski definition) is 0. The van der Waals surface area contributed by atoms with Gasteiger partial charge in [-0.15, -0.1) is 0 Å². The van der Waals surface area contributed by atoms with Crippen molar-refractivity contribution in [2.75, 3.05) is 11.9 Å². The molecule has 0 aromatic heterocycles. The van der Waals surface area contributed by atoms with Gasteiger partial charge in [0.15, 0.2) is 0 Å². The van der Waals surface area contributed by atoms with Gasteiger partial charge in [0, 0.05) is 17.4 Å². The van der Waals surface area contributed by atoms with Crippen LogP contribution >= 0.6 is 15.9 Å². The molecular weight excluding hydrogens is 226 g/mol. The highest BCUT2D eigenvalue weighted by molar-refractivity contribution is 9.09.